The van der Waals surface area contributed by atoms with Gasteiger partial charge in [0.15, 0.2) is 5.60 Å². The van der Waals surface area contributed by atoms with Gasteiger partial charge < -0.3 is 19.6 Å². The second-order valence-electron chi connectivity index (χ2n) is 8.65. The molecule has 3 aromatic rings. The van der Waals surface area contributed by atoms with E-state index >= 15 is 0 Å². The van der Waals surface area contributed by atoms with Crippen LogP contribution in [0.4, 0.5) is 5.69 Å². The summed E-state index contributed by atoms with van der Waals surface area (Å²) in [6.07, 6.45) is 1.61. The van der Waals surface area contributed by atoms with Crippen LogP contribution < -0.4 is 10.1 Å². The molecule has 2 N–H and O–H groups in total. The Morgan fingerprint density at radius 1 is 1.06 bits per heavy atom. The molecule has 1 amide bonds. The van der Waals surface area contributed by atoms with E-state index in [-0.39, 0.29) is 42.0 Å². The van der Waals surface area contributed by atoms with E-state index in [0.717, 1.165) is 28.1 Å². The van der Waals surface area contributed by atoms with Crippen molar-refractivity contribution in [3.8, 4) is 5.75 Å². The number of furan rings is 1. The molecule has 0 aliphatic carbocycles. The van der Waals surface area contributed by atoms with Gasteiger partial charge in [-0.25, -0.2) is 4.79 Å². The fourth-order valence-corrected chi connectivity index (χ4v) is 3.40. The number of carboxylic acids is 1. The summed E-state index contributed by atoms with van der Waals surface area (Å²) < 4.78 is 11.0. The van der Waals surface area contributed by atoms with Crippen molar-refractivity contribution in [3.63, 3.8) is 0 Å². The number of carbonyl (C=O) groups is 2. The SMILES string of the molecule is Cc1ccc(NC(=O)CN(Cc2ccc(OC(C)(C)C(=O)O)cc2)Cc2ccco2)c(C)c1.[Na]. The second kappa shape index (κ2) is 12.2. The number of anilines is 1. The topological polar surface area (TPSA) is 92.0 Å². The Morgan fingerprint density at radius 3 is 2.35 bits per heavy atom. The summed E-state index contributed by atoms with van der Waals surface area (Å²) in [6, 6.07) is 16.8. The minimum absolute atomic E-state index is 0. The van der Waals surface area contributed by atoms with Gasteiger partial charge in [-0.3, -0.25) is 9.69 Å². The molecule has 2 aromatic carbocycles. The molecule has 3 rings (SSSR count). The van der Waals surface area contributed by atoms with Crippen molar-refractivity contribution in [1.29, 1.82) is 0 Å². The normalized spacial score (nSPS) is 11.1. The molecule has 0 saturated carbocycles. The fraction of sp³-hybridized carbons (Fsp3) is 0.308. The van der Waals surface area contributed by atoms with Crippen LogP contribution >= 0.6 is 0 Å². The minimum Gasteiger partial charge on any atom is -0.478 e. The van der Waals surface area contributed by atoms with Crippen LogP contribution in [0.15, 0.2) is 65.3 Å². The maximum absolute atomic E-state index is 12.8. The Morgan fingerprint density at radius 2 is 1.76 bits per heavy atom. The Balaban J connectivity index is 0.00000408. The summed E-state index contributed by atoms with van der Waals surface area (Å²) in [6.45, 7) is 8.14. The second-order valence-corrected chi connectivity index (χ2v) is 8.65. The zero-order valence-electron chi connectivity index (χ0n) is 20.4. The zero-order valence-corrected chi connectivity index (χ0v) is 22.4. The number of hydrogen-bond donors (Lipinski definition) is 2. The first kappa shape index (κ1) is 27.7. The van der Waals surface area contributed by atoms with Crippen molar-refractivity contribution < 1.29 is 23.8 Å². The number of aliphatic carboxylic acids is 1. The summed E-state index contributed by atoms with van der Waals surface area (Å²) >= 11 is 0. The molecule has 0 unspecified atom stereocenters. The molecule has 1 heterocycles. The molecule has 1 aromatic heterocycles. The minimum atomic E-state index is -1.32. The average Bonchev–Trinajstić information content (AvgIpc) is 3.24. The standard InChI is InChI=1S/C26H30N2O5.Na/c1-18-7-12-23(19(2)14-18)27-24(29)17-28(16-22-6-5-13-32-22)15-20-8-10-21(11-9-20)33-26(3,4)25(30)31;/h5-14H,15-17H2,1-4H3,(H,27,29)(H,30,31);. The molecule has 0 fully saturated rings. The number of rotatable bonds is 10. The van der Waals surface area contributed by atoms with E-state index in [1.165, 1.54) is 13.8 Å². The fourth-order valence-electron chi connectivity index (χ4n) is 3.40. The van der Waals surface area contributed by atoms with Gasteiger partial charge in [0.25, 0.3) is 0 Å². The van der Waals surface area contributed by atoms with Crippen molar-refractivity contribution in [1.82, 2.24) is 4.90 Å². The first-order valence-corrected chi connectivity index (χ1v) is 10.8. The largest absolute Gasteiger partial charge is 0.478 e. The van der Waals surface area contributed by atoms with Crippen molar-refractivity contribution in [2.45, 2.75) is 46.4 Å². The molecule has 0 aliphatic heterocycles. The van der Waals surface area contributed by atoms with E-state index in [4.69, 9.17) is 9.15 Å². The van der Waals surface area contributed by atoms with E-state index in [1.807, 2.05) is 61.2 Å². The van der Waals surface area contributed by atoms with E-state index in [0.29, 0.717) is 18.8 Å². The number of nitrogens with one attached hydrogen (secondary N) is 1. The maximum Gasteiger partial charge on any atom is 0.347 e. The third-order valence-electron chi connectivity index (χ3n) is 5.20. The van der Waals surface area contributed by atoms with Gasteiger partial charge in [-0.15, -0.1) is 0 Å². The molecule has 1 radical (unpaired) electrons. The summed E-state index contributed by atoms with van der Waals surface area (Å²) in [5.41, 5.74) is 2.59. The van der Waals surface area contributed by atoms with Crippen LogP contribution in [0.5, 0.6) is 5.75 Å². The number of carboxylic acid groups (broad SMARTS) is 1. The molecule has 8 heteroatoms. The van der Waals surface area contributed by atoms with Crippen molar-refractivity contribution >= 4 is 47.1 Å². The van der Waals surface area contributed by atoms with Gasteiger partial charge in [-0.2, -0.15) is 0 Å². The van der Waals surface area contributed by atoms with Gasteiger partial charge in [0.05, 0.1) is 19.4 Å². The predicted molar refractivity (Wildman–Crippen MR) is 132 cm³/mol. The summed E-state index contributed by atoms with van der Waals surface area (Å²) in [7, 11) is 0. The molecule has 0 aliphatic rings. The van der Waals surface area contributed by atoms with Gasteiger partial charge in [-0.1, -0.05) is 29.8 Å². The van der Waals surface area contributed by atoms with Crippen molar-refractivity contribution in [2.24, 2.45) is 0 Å². The monoisotopic (exact) mass is 473 g/mol. The maximum atomic E-state index is 12.8. The molecule has 34 heavy (non-hydrogen) atoms. The van der Waals surface area contributed by atoms with Gasteiger partial charge in [0.2, 0.25) is 5.91 Å². The van der Waals surface area contributed by atoms with E-state index < -0.39 is 11.6 Å². The quantitative estimate of drug-likeness (QED) is 0.424. The summed E-state index contributed by atoms with van der Waals surface area (Å²) in [4.78, 5) is 26.1. The zero-order chi connectivity index (χ0) is 24.0. The molecular weight excluding hydrogens is 443 g/mol. The van der Waals surface area contributed by atoms with Crippen LogP contribution in [-0.4, -0.2) is 63.6 Å². The van der Waals surface area contributed by atoms with E-state index in [9.17, 15) is 14.7 Å². The number of benzene rings is 2. The van der Waals surface area contributed by atoms with Crippen LogP contribution in [0.25, 0.3) is 0 Å². The Bertz CT molecular complexity index is 1090. The van der Waals surface area contributed by atoms with Crippen LogP contribution in [0.3, 0.4) is 0 Å². The number of ether oxygens (including phenoxy) is 1. The Hall–Kier alpha value is -2.58. The molecule has 175 valence electrons. The van der Waals surface area contributed by atoms with Gasteiger partial charge in [-0.05, 0) is 69.2 Å². The first-order chi connectivity index (χ1) is 15.6. The predicted octanol–water partition coefficient (Wildman–Crippen LogP) is 4.40. The molecule has 0 spiro atoms. The third kappa shape index (κ3) is 8.02. The summed E-state index contributed by atoms with van der Waals surface area (Å²) in [5.74, 6) is 0.0801. The molecular formula is C26H30N2NaO5. The van der Waals surface area contributed by atoms with Gasteiger partial charge >= 0.3 is 5.97 Å². The van der Waals surface area contributed by atoms with Gasteiger partial charge in [0, 0.05) is 41.8 Å². The van der Waals surface area contributed by atoms with Gasteiger partial charge in [0.1, 0.15) is 11.5 Å². The molecule has 0 bridgehead atoms. The smallest absolute Gasteiger partial charge is 0.347 e. The van der Waals surface area contributed by atoms with Crippen LogP contribution in [0.1, 0.15) is 36.3 Å². The Labute approximate surface area is 222 Å². The van der Waals surface area contributed by atoms with E-state index in [2.05, 4.69) is 5.32 Å². The number of carbonyl (C=O) groups excluding carboxylic acids is 1. The summed E-state index contributed by atoms with van der Waals surface area (Å²) in [5, 5.41) is 12.2. The van der Waals surface area contributed by atoms with Crippen LogP contribution in [-0.2, 0) is 22.7 Å². The first-order valence-electron chi connectivity index (χ1n) is 10.8. The molecule has 0 atom stereocenters. The average molecular weight is 474 g/mol. The van der Waals surface area contributed by atoms with Crippen molar-refractivity contribution in [2.75, 3.05) is 11.9 Å². The number of hydrogen-bond acceptors (Lipinski definition) is 5. The third-order valence-corrected chi connectivity index (χ3v) is 5.20. The van der Waals surface area contributed by atoms with Crippen molar-refractivity contribution in [3.05, 3.63) is 83.3 Å². The van der Waals surface area contributed by atoms with E-state index in [1.54, 1.807) is 18.4 Å². The Kier molecular flexibility index (Phi) is 9.94. The number of aryl methyl sites for hydroxylation is 2. The molecule has 0 saturated heterocycles. The molecule has 7 nitrogen and oxygen atoms in total. The van der Waals surface area contributed by atoms with Crippen LogP contribution in [0.2, 0.25) is 0 Å². The number of amides is 1. The van der Waals surface area contributed by atoms with Crippen LogP contribution in [0, 0.1) is 13.8 Å². The number of nitrogens with zero attached hydrogens (tertiary/aromatic N) is 1.